The third kappa shape index (κ3) is 4.29. The molecule has 0 bridgehead atoms. The molecule has 0 saturated carbocycles. The normalized spacial score (nSPS) is 11.4. The smallest absolute Gasteiger partial charge is 0.229 e. The lowest BCUT2D eigenvalue weighted by molar-refractivity contribution is 0.474. The number of nitrogens with zero attached hydrogens (tertiary/aromatic N) is 3. The zero-order chi connectivity index (χ0) is 13.6. The summed E-state index contributed by atoms with van der Waals surface area (Å²) in [4.78, 5) is 12.5. The lowest BCUT2D eigenvalue weighted by atomic mass is 9.96. The Morgan fingerprint density at radius 2 is 1.67 bits per heavy atom. The molecule has 1 aromatic heterocycles. The zero-order valence-electron chi connectivity index (χ0n) is 11.5. The van der Waals surface area contributed by atoms with Gasteiger partial charge < -0.3 is 10.6 Å². The van der Waals surface area contributed by atoms with Crippen LogP contribution in [0.4, 0.5) is 11.9 Å². The Labute approximate surface area is 114 Å². The van der Waals surface area contributed by atoms with Gasteiger partial charge in [-0.2, -0.15) is 15.0 Å². The lowest BCUT2D eigenvalue weighted by Crippen LogP contribution is -2.34. The van der Waals surface area contributed by atoms with Crippen LogP contribution < -0.4 is 10.6 Å². The molecule has 6 heteroatoms. The SMILES string of the molecule is CCCNc1nc(Cl)nc(NC(C)(CC)CC)n1. The predicted octanol–water partition coefficient (Wildman–Crippen LogP) is 3.34. The van der Waals surface area contributed by atoms with Crippen LogP contribution in [0.1, 0.15) is 47.0 Å². The van der Waals surface area contributed by atoms with E-state index in [0.29, 0.717) is 11.9 Å². The maximum Gasteiger partial charge on any atom is 0.229 e. The molecule has 0 spiro atoms. The molecular formula is C12H22ClN5. The van der Waals surface area contributed by atoms with E-state index in [4.69, 9.17) is 11.6 Å². The third-order valence-electron chi connectivity index (χ3n) is 3.12. The minimum Gasteiger partial charge on any atom is -0.354 e. The molecule has 0 aromatic carbocycles. The summed E-state index contributed by atoms with van der Waals surface area (Å²) in [6.45, 7) is 9.31. The Balaban J connectivity index is 2.85. The molecule has 18 heavy (non-hydrogen) atoms. The van der Waals surface area contributed by atoms with Crippen molar-refractivity contribution in [3.05, 3.63) is 5.28 Å². The largest absolute Gasteiger partial charge is 0.354 e. The Morgan fingerprint density at radius 3 is 2.22 bits per heavy atom. The first-order valence-electron chi connectivity index (χ1n) is 6.46. The zero-order valence-corrected chi connectivity index (χ0v) is 12.3. The second-order valence-electron chi connectivity index (χ2n) is 4.57. The highest BCUT2D eigenvalue weighted by Gasteiger charge is 2.20. The number of anilines is 2. The molecule has 5 nitrogen and oxygen atoms in total. The van der Waals surface area contributed by atoms with Crippen LogP contribution in [0.15, 0.2) is 0 Å². The van der Waals surface area contributed by atoms with Crippen molar-refractivity contribution >= 4 is 23.5 Å². The highest BCUT2D eigenvalue weighted by atomic mass is 35.5. The molecule has 102 valence electrons. The van der Waals surface area contributed by atoms with Gasteiger partial charge in [-0.05, 0) is 37.8 Å². The molecule has 0 aliphatic carbocycles. The first-order chi connectivity index (χ1) is 8.53. The van der Waals surface area contributed by atoms with Gasteiger partial charge >= 0.3 is 0 Å². The second-order valence-corrected chi connectivity index (χ2v) is 4.91. The molecular weight excluding hydrogens is 250 g/mol. The Bertz CT molecular complexity index is 379. The van der Waals surface area contributed by atoms with Crippen LogP contribution in [0.5, 0.6) is 0 Å². The minimum absolute atomic E-state index is 0.0211. The monoisotopic (exact) mass is 271 g/mol. The van der Waals surface area contributed by atoms with E-state index in [1.165, 1.54) is 0 Å². The summed E-state index contributed by atoms with van der Waals surface area (Å²) in [6, 6.07) is 0. The van der Waals surface area contributed by atoms with Crippen molar-refractivity contribution in [3.63, 3.8) is 0 Å². The van der Waals surface area contributed by atoms with Crippen LogP contribution in [-0.2, 0) is 0 Å². The maximum absolute atomic E-state index is 5.90. The molecule has 1 heterocycles. The molecule has 0 saturated heterocycles. The standard InChI is InChI=1S/C12H22ClN5/c1-5-8-14-10-15-9(13)16-11(17-10)18-12(4,6-2)7-3/h5-8H2,1-4H3,(H2,14,15,16,17,18). The van der Waals surface area contributed by atoms with E-state index in [9.17, 15) is 0 Å². The van der Waals surface area contributed by atoms with E-state index in [2.05, 4.69) is 53.3 Å². The van der Waals surface area contributed by atoms with Crippen LogP contribution in [-0.4, -0.2) is 27.0 Å². The fraction of sp³-hybridized carbons (Fsp3) is 0.750. The van der Waals surface area contributed by atoms with Gasteiger partial charge in [0.05, 0.1) is 0 Å². The fourth-order valence-electron chi connectivity index (χ4n) is 1.42. The molecule has 0 unspecified atom stereocenters. The molecule has 0 aliphatic rings. The van der Waals surface area contributed by atoms with E-state index in [0.717, 1.165) is 25.8 Å². The van der Waals surface area contributed by atoms with Crippen molar-refractivity contribution in [2.24, 2.45) is 0 Å². The topological polar surface area (TPSA) is 62.7 Å². The fourth-order valence-corrected chi connectivity index (χ4v) is 1.58. The van der Waals surface area contributed by atoms with Crippen LogP contribution in [0.2, 0.25) is 5.28 Å². The second kappa shape index (κ2) is 6.73. The number of hydrogen-bond acceptors (Lipinski definition) is 5. The Morgan fingerprint density at radius 1 is 1.06 bits per heavy atom. The lowest BCUT2D eigenvalue weighted by Gasteiger charge is -2.28. The number of aromatic nitrogens is 3. The molecule has 1 rings (SSSR count). The predicted molar refractivity (Wildman–Crippen MR) is 76.2 cm³/mol. The molecule has 0 atom stereocenters. The maximum atomic E-state index is 5.90. The number of rotatable bonds is 7. The highest BCUT2D eigenvalue weighted by molar-refractivity contribution is 6.28. The van der Waals surface area contributed by atoms with E-state index in [-0.39, 0.29) is 10.8 Å². The van der Waals surface area contributed by atoms with E-state index >= 15 is 0 Å². The number of halogens is 1. The van der Waals surface area contributed by atoms with Gasteiger partial charge in [-0.3, -0.25) is 0 Å². The summed E-state index contributed by atoms with van der Waals surface area (Å²) in [5, 5.41) is 6.65. The van der Waals surface area contributed by atoms with Crippen LogP contribution in [0, 0.1) is 0 Å². The summed E-state index contributed by atoms with van der Waals surface area (Å²) in [5.41, 5.74) is -0.0211. The van der Waals surface area contributed by atoms with Gasteiger partial charge in [0.15, 0.2) is 0 Å². The average molecular weight is 272 g/mol. The summed E-state index contributed by atoms with van der Waals surface area (Å²) in [5.74, 6) is 1.05. The van der Waals surface area contributed by atoms with Crippen molar-refractivity contribution in [3.8, 4) is 0 Å². The van der Waals surface area contributed by atoms with Gasteiger partial charge in [0.25, 0.3) is 0 Å². The van der Waals surface area contributed by atoms with Crippen LogP contribution in [0.25, 0.3) is 0 Å². The van der Waals surface area contributed by atoms with Crippen molar-refractivity contribution in [2.45, 2.75) is 52.5 Å². The first-order valence-corrected chi connectivity index (χ1v) is 6.84. The van der Waals surface area contributed by atoms with E-state index in [1.54, 1.807) is 0 Å². The molecule has 0 radical (unpaired) electrons. The van der Waals surface area contributed by atoms with Crippen molar-refractivity contribution in [1.82, 2.24) is 15.0 Å². The van der Waals surface area contributed by atoms with Crippen molar-refractivity contribution in [2.75, 3.05) is 17.2 Å². The van der Waals surface area contributed by atoms with E-state index in [1.807, 2.05) is 0 Å². The van der Waals surface area contributed by atoms with Gasteiger partial charge in [0.1, 0.15) is 0 Å². The quantitative estimate of drug-likeness (QED) is 0.796. The van der Waals surface area contributed by atoms with Crippen LogP contribution in [0.3, 0.4) is 0 Å². The highest BCUT2D eigenvalue weighted by Crippen LogP contribution is 2.20. The summed E-state index contributed by atoms with van der Waals surface area (Å²) >= 11 is 5.90. The number of hydrogen-bond donors (Lipinski definition) is 2. The Kier molecular flexibility index (Phi) is 5.59. The number of nitrogens with one attached hydrogen (secondary N) is 2. The average Bonchev–Trinajstić information content (AvgIpc) is 2.35. The third-order valence-corrected chi connectivity index (χ3v) is 3.28. The van der Waals surface area contributed by atoms with Crippen molar-refractivity contribution < 1.29 is 0 Å². The summed E-state index contributed by atoms with van der Waals surface area (Å²) in [6.07, 6.45) is 2.99. The van der Waals surface area contributed by atoms with Gasteiger partial charge in [-0.1, -0.05) is 20.8 Å². The molecule has 0 amide bonds. The van der Waals surface area contributed by atoms with E-state index < -0.39 is 0 Å². The molecule has 0 fully saturated rings. The Hall–Kier alpha value is -1.10. The van der Waals surface area contributed by atoms with Gasteiger partial charge in [-0.25, -0.2) is 0 Å². The summed E-state index contributed by atoms with van der Waals surface area (Å²) < 4.78 is 0. The molecule has 2 N–H and O–H groups in total. The molecule has 1 aromatic rings. The van der Waals surface area contributed by atoms with Crippen LogP contribution >= 0.6 is 11.6 Å². The van der Waals surface area contributed by atoms with Gasteiger partial charge in [0, 0.05) is 12.1 Å². The van der Waals surface area contributed by atoms with Gasteiger partial charge in [-0.15, -0.1) is 0 Å². The van der Waals surface area contributed by atoms with Gasteiger partial charge in [0.2, 0.25) is 17.2 Å². The summed E-state index contributed by atoms with van der Waals surface area (Å²) in [7, 11) is 0. The molecule has 0 aliphatic heterocycles. The minimum atomic E-state index is -0.0211. The first kappa shape index (κ1) is 15.0. The van der Waals surface area contributed by atoms with Crippen molar-refractivity contribution in [1.29, 1.82) is 0 Å².